The molecule has 1 heterocycles. The van der Waals surface area contributed by atoms with Crippen molar-refractivity contribution in [2.24, 2.45) is 0 Å². The van der Waals surface area contributed by atoms with E-state index in [0.29, 0.717) is 12.3 Å². The number of fused-ring (bicyclic) bond motifs is 1. The van der Waals surface area contributed by atoms with Crippen LogP contribution in [0.15, 0.2) is 53.4 Å². The number of nitro benzene ring substituents is 1. The normalized spacial score (nSPS) is 10.8. The zero-order chi connectivity index (χ0) is 18.4. The summed E-state index contributed by atoms with van der Waals surface area (Å²) in [6, 6.07) is 14.3. The van der Waals surface area contributed by atoms with Crippen LogP contribution in [0.5, 0.6) is 0 Å². The third kappa shape index (κ3) is 5.03. The van der Waals surface area contributed by atoms with E-state index < -0.39 is 4.92 Å². The molecule has 134 valence electrons. The number of thiazole rings is 1. The Morgan fingerprint density at radius 3 is 2.69 bits per heavy atom. The molecule has 0 spiro atoms. The highest BCUT2D eigenvalue weighted by molar-refractivity contribution is 8.00. The van der Waals surface area contributed by atoms with Gasteiger partial charge < -0.3 is 5.32 Å². The van der Waals surface area contributed by atoms with Crippen LogP contribution < -0.4 is 5.32 Å². The van der Waals surface area contributed by atoms with Crippen LogP contribution in [0.1, 0.15) is 11.4 Å². The van der Waals surface area contributed by atoms with Crippen LogP contribution in [0, 0.1) is 10.1 Å². The number of para-hydroxylation sites is 1. The summed E-state index contributed by atoms with van der Waals surface area (Å²) in [6.45, 7) is 0.607. The number of benzene rings is 2. The van der Waals surface area contributed by atoms with Gasteiger partial charge in [0.05, 0.1) is 25.9 Å². The second kappa shape index (κ2) is 8.77. The molecule has 0 aliphatic rings. The maximum absolute atomic E-state index is 11.9. The van der Waals surface area contributed by atoms with E-state index in [4.69, 9.17) is 0 Å². The van der Waals surface area contributed by atoms with E-state index in [2.05, 4.69) is 16.4 Å². The Balaban J connectivity index is 1.36. The number of amides is 1. The SMILES string of the molecule is O=C(CSc1ccc([N+](=O)[O-])cc1)NCCCc1nc2ccccc2s1. The van der Waals surface area contributed by atoms with Crippen LogP contribution in [0.25, 0.3) is 10.2 Å². The Bertz CT molecular complexity index is 876. The Morgan fingerprint density at radius 2 is 1.96 bits per heavy atom. The minimum Gasteiger partial charge on any atom is -0.355 e. The zero-order valence-corrected chi connectivity index (χ0v) is 15.5. The fourth-order valence-electron chi connectivity index (χ4n) is 2.36. The van der Waals surface area contributed by atoms with Crippen LogP contribution in [0.3, 0.4) is 0 Å². The number of nitrogens with zero attached hydrogens (tertiary/aromatic N) is 2. The lowest BCUT2D eigenvalue weighted by atomic mass is 10.3. The molecule has 0 bridgehead atoms. The second-order valence-electron chi connectivity index (χ2n) is 5.57. The van der Waals surface area contributed by atoms with Crippen molar-refractivity contribution in [2.75, 3.05) is 12.3 Å². The van der Waals surface area contributed by atoms with Gasteiger partial charge in [-0.1, -0.05) is 12.1 Å². The van der Waals surface area contributed by atoms with Crippen molar-refractivity contribution < 1.29 is 9.72 Å². The van der Waals surface area contributed by atoms with Crippen molar-refractivity contribution in [1.29, 1.82) is 0 Å². The minimum atomic E-state index is -0.438. The zero-order valence-electron chi connectivity index (χ0n) is 13.9. The van der Waals surface area contributed by atoms with Crippen LogP contribution in [-0.2, 0) is 11.2 Å². The van der Waals surface area contributed by atoms with E-state index in [0.717, 1.165) is 28.3 Å². The molecule has 0 aliphatic carbocycles. The van der Waals surface area contributed by atoms with Gasteiger partial charge in [-0.05, 0) is 30.7 Å². The van der Waals surface area contributed by atoms with Gasteiger partial charge in [-0.15, -0.1) is 23.1 Å². The average Bonchev–Trinajstić information content (AvgIpc) is 3.06. The van der Waals surface area contributed by atoms with E-state index >= 15 is 0 Å². The summed E-state index contributed by atoms with van der Waals surface area (Å²) in [5.41, 5.74) is 1.07. The Labute approximate surface area is 158 Å². The minimum absolute atomic E-state index is 0.0438. The van der Waals surface area contributed by atoms with Gasteiger partial charge in [-0.2, -0.15) is 0 Å². The predicted molar refractivity (Wildman–Crippen MR) is 105 cm³/mol. The summed E-state index contributed by atoms with van der Waals surface area (Å²) in [5, 5.41) is 14.6. The van der Waals surface area contributed by atoms with Gasteiger partial charge in [0.1, 0.15) is 0 Å². The predicted octanol–water partition coefficient (Wildman–Crippen LogP) is 4.05. The number of carbonyl (C=O) groups is 1. The lowest BCUT2D eigenvalue weighted by Crippen LogP contribution is -2.26. The molecule has 0 saturated carbocycles. The number of rotatable bonds is 8. The lowest BCUT2D eigenvalue weighted by Gasteiger charge is -2.04. The number of carbonyl (C=O) groups excluding carboxylic acids is 1. The molecule has 6 nitrogen and oxygen atoms in total. The molecule has 1 aromatic heterocycles. The van der Waals surface area contributed by atoms with Crippen molar-refractivity contribution in [3.63, 3.8) is 0 Å². The van der Waals surface area contributed by atoms with Crippen molar-refractivity contribution in [3.05, 3.63) is 63.7 Å². The number of nitro groups is 1. The van der Waals surface area contributed by atoms with E-state index in [1.54, 1.807) is 23.5 Å². The van der Waals surface area contributed by atoms with Crippen LogP contribution in [0.2, 0.25) is 0 Å². The maximum Gasteiger partial charge on any atom is 0.269 e. The highest BCUT2D eigenvalue weighted by atomic mass is 32.2. The smallest absolute Gasteiger partial charge is 0.269 e. The van der Waals surface area contributed by atoms with Crippen molar-refractivity contribution in [3.8, 4) is 0 Å². The van der Waals surface area contributed by atoms with Gasteiger partial charge in [0, 0.05) is 30.0 Å². The van der Waals surface area contributed by atoms with Gasteiger partial charge in [0.2, 0.25) is 5.91 Å². The van der Waals surface area contributed by atoms with Crippen LogP contribution in [0.4, 0.5) is 5.69 Å². The van der Waals surface area contributed by atoms with Crippen LogP contribution >= 0.6 is 23.1 Å². The molecule has 3 aromatic rings. The quantitative estimate of drug-likeness (QED) is 0.273. The fraction of sp³-hybridized carbons (Fsp3) is 0.222. The highest BCUT2D eigenvalue weighted by Crippen LogP contribution is 2.22. The number of nitrogens with one attached hydrogen (secondary N) is 1. The average molecular weight is 387 g/mol. The first-order valence-corrected chi connectivity index (χ1v) is 9.90. The van der Waals surface area contributed by atoms with Crippen molar-refractivity contribution in [2.45, 2.75) is 17.7 Å². The number of aryl methyl sites for hydroxylation is 1. The molecular weight excluding hydrogens is 370 g/mol. The van der Waals surface area contributed by atoms with Crippen molar-refractivity contribution in [1.82, 2.24) is 10.3 Å². The van der Waals surface area contributed by atoms with E-state index in [-0.39, 0.29) is 11.6 Å². The number of non-ortho nitro benzene ring substituents is 1. The summed E-state index contributed by atoms with van der Waals surface area (Å²) < 4.78 is 1.19. The lowest BCUT2D eigenvalue weighted by molar-refractivity contribution is -0.384. The molecular formula is C18H17N3O3S2. The summed E-state index contributed by atoms with van der Waals surface area (Å²) in [4.78, 5) is 27.5. The summed E-state index contributed by atoms with van der Waals surface area (Å²) in [7, 11) is 0. The first-order chi connectivity index (χ1) is 12.6. The largest absolute Gasteiger partial charge is 0.355 e. The first kappa shape index (κ1) is 18.3. The molecule has 0 fully saturated rings. The van der Waals surface area contributed by atoms with E-state index in [9.17, 15) is 14.9 Å². The molecule has 3 rings (SSSR count). The molecule has 0 radical (unpaired) electrons. The van der Waals surface area contributed by atoms with Gasteiger partial charge >= 0.3 is 0 Å². The molecule has 1 amide bonds. The molecule has 26 heavy (non-hydrogen) atoms. The fourth-order valence-corrected chi connectivity index (χ4v) is 4.10. The monoisotopic (exact) mass is 387 g/mol. The molecule has 0 unspecified atom stereocenters. The summed E-state index contributed by atoms with van der Waals surface area (Å²) in [6.07, 6.45) is 1.68. The summed E-state index contributed by atoms with van der Waals surface area (Å²) >= 11 is 3.05. The molecule has 0 aliphatic heterocycles. The Morgan fingerprint density at radius 1 is 1.19 bits per heavy atom. The third-order valence-corrected chi connectivity index (χ3v) is 5.75. The third-order valence-electron chi connectivity index (χ3n) is 3.65. The standard InChI is InChI=1S/C18H17N3O3S2/c22-17(12-25-14-9-7-13(8-10-14)21(23)24)19-11-3-6-18-20-15-4-1-2-5-16(15)26-18/h1-2,4-5,7-10H,3,6,11-12H2,(H,19,22). The van der Waals surface area contributed by atoms with Gasteiger partial charge in [0.25, 0.3) is 5.69 Å². The maximum atomic E-state index is 11.9. The molecule has 0 saturated heterocycles. The van der Waals surface area contributed by atoms with E-state index in [1.807, 2.05) is 18.2 Å². The number of thioether (sulfide) groups is 1. The first-order valence-electron chi connectivity index (χ1n) is 8.10. The molecule has 2 aromatic carbocycles. The second-order valence-corrected chi connectivity index (χ2v) is 7.73. The van der Waals surface area contributed by atoms with E-state index in [1.165, 1.54) is 28.6 Å². The molecule has 1 N–H and O–H groups in total. The Hall–Kier alpha value is -2.45. The van der Waals surface area contributed by atoms with Gasteiger partial charge in [0.15, 0.2) is 0 Å². The number of hydrogen-bond donors (Lipinski definition) is 1. The summed E-state index contributed by atoms with van der Waals surface area (Å²) in [5.74, 6) is 0.247. The topological polar surface area (TPSA) is 85.1 Å². The van der Waals surface area contributed by atoms with Gasteiger partial charge in [-0.3, -0.25) is 14.9 Å². The Kier molecular flexibility index (Phi) is 6.19. The van der Waals surface area contributed by atoms with Crippen LogP contribution in [-0.4, -0.2) is 28.1 Å². The highest BCUT2D eigenvalue weighted by Gasteiger charge is 2.07. The number of hydrogen-bond acceptors (Lipinski definition) is 6. The van der Waals surface area contributed by atoms with Crippen molar-refractivity contribution >= 4 is 44.9 Å². The van der Waals surface area contributed by atoms with Gasteiger partial charge in [-0.25, -0.2) is 4.98 Å². The molecule has 0 atom stereocenters. The molecule has 8 heteroatoms. The number of aromatic nitrogens is 1.